The Morgan fingerprint density at radius 2 is 1.62 bits per heavy atom. The number of hydrogen-bond acceptors (Lipinski definition) is 5. The van der Waals surface area contributed by atoms with E-state index in [1.807, 2.05) is 6.07 Å². The Bertz CT molecular complexity index is 1610. The highest BCUT2D eigenvalue weighted by Gasteiger charge is 2.34. The zero-order chi connectivity index (χ0) is 28.5. The summed E-state index contributed by atoms with van der Waals surface area (Å²) in [4.78, 5) is 17.5. The van der Waals surface area contributed by atoms with Crippen molar-refractivity contribution in [1.29, 1.82) is 5.26 Å². The van der Waals surface area contributed by atoms with Gasteiger partial charge in [-0.15, -0.1) is 0 Å². The molecule has 0 aliphatic heterocycles. The number of benzene rings is 3. The van der Waals surface area contributed by atoms with E-state index in [2.05, 4.69) is 4.98 Å². The van der Waals surface area contributed by atoms with Gasteiger partial charge in [0.25, 0.3) is 0 Å². The first kappa shape index (κ1) is 28.2. The van der Waals surface area contributed by atoms with Gasteiger partial charge in [0, 0.05) is 34.0 Å². The molecule has 39 heavy (non-hydrogen) atoms. The number of aromatic nitrogens is 1. The second kappa shape index (κ2) is 11.1. The molecule has 200 valence electrons. The Balaban J connectivity index is 1.62. The van der Waals surface area contributed by atoms with Gasteiger partial charge >= 0.3 is 6.18 Å². The van der Waals surface area contributed by atoms with Gasteiger partial charge in [0.05, 0.1) is 27.8 Å². The predicted octanol–water partition coefficient (Wildman–Crippen LogP) is 9.00. The van der Waals surface area contributed by atoms with Crippen molar-refractivity contribution in [3.63, 3.8) is 0 Å². The summed E-state index contributed by atoms with van der Waals surface area (Å²) in [6.45, 7) is 5.00. The van der Waals surface area contributed by atoms with Crippen LogP contribution in [0, 0.1) is 11.3 Å². The van der Waals surface area contributed by atoms with E-state index in [0.29, 0.717) is 22.6 Å². The molecule has 0 aliphatic carbocycles. The molecule has 5 nitrogen and oxygen atoms in total. The first-order chi connectivity index (χ1) is 18.4. The van der Waals surface area contributed by atoms with Crippen LogP contribution in [-0.2, 0) is 6.18 Å². The molecule has 0 aliphatic rings. The van der Waals surface area contributed by atoms with Gasteiger partial charge < -0.3 is 9.47 Å². The molecular formula is C29H21Cl2F3N2O3. The number of Topliss-reactive ketones (excluding diaryl/α,β-unsaturated/α-hetero) is 1. The molecule has 3 aromatic carbocycles. The molecule has 0 fully saturated rings. The first-order valence-corrected chi connectivity index (χ1v) is 12.5. The summed E-state index contributed by atoms with van der Waals surface area (Å²) >= 11 is 12.5. The summed E-state index contributed by atoms with van der Waals surface area (Å²) < 4.78 is 52.8. The van der Waals surface area contributed by atoms with E-state index in [4.69, 9.17) is 37.9 Å². The van der Waals surface area contributed by atoms with Crippen LogP contribution in [0.5, 0.6) is 17.4 Å². The average Bonchev–Trinajstić information content (AvgIpc) is 2.86. The van der Waals surface area contributed by atoms with E-state index in [-0.39, 0.29) is 38.5 Å². The number of rotatable bonds is 7. The van der Waals surface area contributed by atoms with Crippen LogP contribution < -0.4 is 9.47 Å². The van der Waals surface area contributed by atoms with E-state index in [1.165, 1.54) is 36.4 Å². The number of carbonyl (C=O) groups excluding carboxylic acids is 1. The Morgan fingerprint density at radius 3 is 2.21 bits per heavy atom. The van der Waals surface area contributed by atoms with Crippen molar-refractivity contribution < 1.29 is 27.4 Å². The Labute approximate surface area is 232 Å². The lowest BCUT2D eigenvalue weighted by Crippen LogP contribution is -2.13. The molecule has 0 saturated heterocycles. The molecule has 0 N–H and O–H groups in total. The number of halogens is 5. The molecule has 4 rings (SSSR count). The van der Waals surface area contributed by atoms with Crippen LogP contribution in [0.3, 0.4) is 0 Å². The minimum absolute atomic E-state index is 0.0621. The fraction of sp³-hybridized carbons (Fsp3) is 0.207. The minimum Gasteiger partial charge on any atom is -0.475 e. The maximum atomic E-state index is 13.9. The largest absolute Gasteiger partial charge is 0.475 e. The average molecular weight is 573 g/mol. The van der Waals surface area contributed by atoms with Crippen LogP contribution in [-0.4, -0.2) is 16.9 Å². The minimum atomic E-state index is -4.68. The van der Waals surface area contributed by atoms with Gasteiger partial charge in [0.15, 0.2) is 5.78 Å². The van der Waals surface area contributed by atoms with Gasteiger partial charge in [-0.25, -0.2) is 4.98 Å². The molecule has 1 heterocycles. The number of alkyl halides is 3. The highest BCUT2D eigenvalue weighted by molar-refractivity contribution is 6.32. The maximum absolute atomic E-state index is 13.9. The monoisotopic (exact) mass is 572 g/mol. The van der Waals surface area contributed by atoms with Crippen molar-refractivity contribution in [3.8, 4) is 23.4 Å². The van der Waals surface area contributed by atoms with E-state index in [1.54, 1.807) is 39.0 Å². The molecule has 4 aromatic rings. The topological polar surface area (TPSA) is 72.2 Å². The zero-order valence-corrected chi connectivity index (χ0v) is 22.4. The molecule has 0 spiro atoms. The quantitative estimate of drug-likeness (QED) is 0.206. The summed E-state index contributed by atoms with van der Waals surface area (Å²) in [7, 11) is 0. The highest BCUT2D eigenvalue weighted by atomic mass is 35.5. The molecule has 1 atom stereocenters. The third-order valence-electron chi connectivity index (χ3n) is 5.86. The lowest BCUT2D eigenvalue weighted by molar-refractivity contribution is -0.136. The number of fused-ring (bicyclic) bond motifs is 1. The lowest BCUT2D eigenvalue weighted by atomic mass is 9.91. The smallest absolute Gasteiger partial charge is 0.417 e. The number of carbonyl (C=O) groups is 1. The summed E-state index contributed by atoms with van der Waals surface area (Å²) in [6.07, 6.45) is -5.04. The van der Waals surface area contributed by atoms with Crippen molar-refractivity contribution in [2.75, 3.05) is 0 Å². The van der Waals surface area contributed by atoms with Crippen LogP contribution in [0.15, 0.2) is 60.7 Å². The van der Waals surface area contributed by atoms with Crippen molar-refractivity contribution in [3.05, 3.63) is 93.0 Å². The van der Waals surface area contributed by atoms with Crippen molar-refractivity contribution in [2.24, 2.45) is 0 Å². The van der Waals surface area contributed by atoms with Crippen molar-refractivity contribution in [1.82, 2.24) is 4.98 Å². The molecule has 1 aromatic heterocycles. The van der Waals surface area contributed by atoms with Gasteiger partial charge in [-0.3, -0.25) is 4.79 Å². The Hall–Kier alpha value is -3.80. The molecule has 0 bridgehead atoms. The number of ether oxygens (including phenoxy) is 2. The first-order valence-electron chi connectivity index (χ1n) is 11.8. The molecule has 1 unspecified atom stereocenters. The van der Waals surface area contributed by atoms with E-state index in [0.717, 1.165) is 6.07 Å². The maximum Gasteiger partial charge on any atom is 0.417 e. The summed E-state index contributed by atoms with van der Waals surface area (Å²) in [5.74, 6) is -0.565. The fourth-order valence-electron chi connectivity index (χ4n) is 3.99. The Kier molecular flexibility index (Phi) is 8.05. The highest BCUT2D eigenvalue weighted by Crippen LogP contribution is 2.38. The number of pyridine rings is 1. The van der Waals surface area contributed by atoms with Crippen LogP contribution in [0.1, 0.15) is 53.7 Å². The SMILES string of the molecule is CC(C)Oc1cc(C(F)(F)F)c2cc(C(=O)C(C)c3ccc(Oc4ccc(C#N)c(Cl)c4)cc3Cl)ccc2n1. The second-order valence-corrected chi connectivity index (χ2v) is 9.84. The van der Waals surface area contributed by atoms with E-state index >= 15 is 0 Å². The lowest BCUT2D eigenvalue weighted by Gasteiger charge is -2.17. The standard InChI is InChI=1S/C29H21Cl2F3N2O3/c1-15(2)38-27-13-23(29(32,33)34)22-10-17(5-9-26(22)36-27)28(37)16(3)21-8-7-20(12-25(21)31)39-19-6-4-18(14-35)24(30)11-19/h4-13,15-16H,1-3H3. The third-order valence-corrected chi connectivity index (χ3v) is 6.50. The van der Waals surface area contributed by atoms with Crippen LogP contribution in [0.4, 0.5) is 13.2 Å². The van der Waals surface area contributed by atoms with Crippen molar-refractivity contribution in [2.45, 2.75) is 39.0 Å². The van der Waals surface area contributed by atoms with Gasteiger partial charge in [0.2, 0.25) is 5.88 Å². The van der Waals surface area contributed by atoms with Gasteiger partial charge in [-0.1, -0.05) is 36.2 Å². The molecule has 10 heteroatoms. The van der Waals surface area contributed by atoms with E-state index in [9.17, 15) is 18.0 Å². The van der Waals surface area contributed by atoms with Gasteiger partial charge in [0.1, 0.15) is 17.6 Å². The fourth-order valence-corrected chi connectivity index (χ4v) is 4.54. The van der Waals surface area contributed by atoms with Crippen LogP contribution in [0.25, 0.3) is 10.9 Å². The predicted molar refractivity (Wildman–Crippen MR) is 143 cm³/mol. The Morgan fingerprint density at radius 1 is 0.949 bits per heavy atom. The molecule has 0 saturated carbocycles. The summed E-state index contributed by atoms with van der Waals surface area (Å²) in [6, 6.07) is 16.2. The summed E-state index contributed by atoms with van der Waals surface area (Å²) in [5.41, 5.74) is -0.00817. The number of hydrogen-bond donors (Lipinski definition) is 0. The molecule has 0 radical (unpaired) electrons. The molecular weight excluding hydrogens is 552 g/mol. The number of nitriles is 1. The second-order valence-electron chi connectivity index (χ2n) is 9.03. The van der Waals surface area contributed by atoms with Gasteiger partial charge in [-0.05, 0) is 61.9 Å². The van der Waals surface area contributed by atoms with Crippen LogP contribution >= 0.6 is 23.2 Å². The normalized spacial score (nSPS) is 12.3. The third kappa shape index (κ3) is 6.27. The summed E-state index contributed by atoms with van der Waals surface area (Å²) in [5, 5.41) is 9.28. The van der Waals surface area contributed by atoms with E-state index < -0.39 is 23.4 Å². The number of ketones is 1. The number of nitrogens with zero attached hydrogens (tertiary/aromatic N) is 2. The molecule has 0 amide bonds. The zero-order valence-electron chi connectivity index (χ0n) is 20.9. The van der Waals surface area contributed by atoms with Gasteiger partial charge in [-0.2, -0.15) is 18.4 Å². The van der Waals surface area contributed by atoms with Crippen molar-refractivity contribution >= 4 is 39.9 Å². The van der Waals surface area contributed by atoms with Crippen LogP contribution in [0.2, 0.25) is 10.0 Å².